The van der Waals surface area contributed by atoms with Crippen molar-refractivity contribution in [2.75, 3.05) is 37.7 Å². The highest BCUT2D eigenvalue weighted by molar-refractivity contribution is 6.02. The average molecular weight is 590 g/mol. The molecule has 2 unspecified atom stereocenters. The SMILES string of the molecule is Fc1c(-c2cccc3cccc(OC(F)F)c23)ncc2c(N3CC4CCC(C4)C3)nc(OCC34CCCN3CCC4)nc12. The van der Waals surface area contributed by atoms with Crippen LogP contribution in [0.5, 0.6) is 11.8 Å². The number of rotatable bonds is 7. The fraction of sp³-hybridized carbons (Fsp3) is 0.485. The molecule has 2 aromatic carbocycles. The minimum absolute atomic E-state index is 0.00524. The van der Waals surface area contributed by atoms with E-state index in [4.69, 9.17) is 14.5 Å². The van der Waals surface area contributed by atoms with E-state index < -0.39 is 12.4 Å². The predicted octanol–water partition coefficient (Wildman–Crippen LogP) is 6.83. The standard InChI is InChI=1S/C33H34F3N5O2/c34-27-28(23-7-1-5-22-6-2-8-25(26(22)23)43-31(35)36)37-16-24-29(27)38-32(42-19-33-11-3-13-41(33)14-4-12-33)39-30(24)40-17-20-9-10-21(15-20)18-40/h1-2,5-8,16,20-21,31H,3-4,9-15,17-19H2. The molecule has 4 aromatic rings. The first kappa shape index (κ1) is 26.9. The van der Waals surface area contributed by atoms with Gasteiger partial charge in [-0.25, -0.2) is 4.39 Å². The molecule has 224 valence electrons. The second kappa shape index (κ2) is 10.5. The number of piperidine rings is 1. The number of halogens is 3. The van der Waals surface area contributed by atoms with Gasteiger partial charge in [0.1, 0.15) is 29.4 Å². The number of pyridine rings is 1. The number of anilines is 1. The maximum absolute atomic E-state index is 16.7. The third kappa shape index (κ3) is 4.65. The van der Waals surface area contributed by atoms with Crippen LogP contribution < -0.4 is 14.4 Å². The minimum atomic E-state index is -3.02. The van der Waals surface area contributed by atoms with Crippen molar-refractivity contribution in [1.29, 1.82) is 0 Å². The number of nitrogens with zero attached hydrogens (tertiary/aromatic N) is 5. The quantitative estimate of drug-likeness (QED) is 0.234. The summed E-state index contributed by atoms with van der Waals surface area (Å²) >= 11 is 0. The molecule has 3 saturated heterocycles. The second-order valence-electron chi connectivity index (χ2n) is 12.7. The van der Waals surface area contributed by atoms with Crippen LogP contribution in [0.15, 0.2) is 42.6 Å². The van der Waals surface area contributed by atoms with Crippen LogP contribution in [0, 0.1) is 17.7 Å². The van der Waals surface area contributed by atoms with Crippen molar-refractivity contribution in [2.45, 2.75) is 57.1 Å². The molecule has 4 aliphatic rings. The van der Waals surface area contributed by atoms with Gasteiger partial charge in [0.15, 0.2) is 5.82 Å². The topological polar surface area (TPSA) is 63.6 Å². The van der Waals surface area contributed by atoms with E-state index in [9.17, 15) is 8.78 Å². The van der Waals surface area contributed by atoms with E-state index in [2.05, 4.69) is 19.8 Å². The number of alkyl halides is 2. The molecule has 0 amide bonds. The molecule has 7 nitrogen and oxygen atoms in total. The van der Waals surface area contributed by atoms with Crippen LogP contribution in [0.3, 0.4) is 0 Å². The first-order valence-corrected chi connectivity index (χ1v) is 15.4. The summed E-state index contributed by atoms with van der Waals surface area (Å²) < 4.78 is 54.5. The number of hydrogen-bond donors (Lipinski definition) is 0. The normalized spacial score (nSPS) is 23.0. The van der Waals surface area contributed by atoms with Gasteiger partial charge < -0.3 is 14.4 Å². The zero-order valence-electron chi connectivity index (χ0n) is 23.9. The molecular formula is C33H34F3N5O2. The molecule has 2 atom stereocenters. The monoisotopic (exact) mass is 589 g/mol. The lowest BCUT2D eigenvalue weighted by atomic mass is 9.95. The summed E-state index contributed by atoms with van der Waals surface area (Å²) in [6.07, 6.45) is 9.70. The summed E-state index contributed by atoms with van der Waals surface area (Å²) in [5.74, 6) is 1.18. The lowest BCUT2D eigenvalue weighted by Crippen LogP contribution is -2.43. The van der Waals surface area contributed by atoms with Crippen LogP contribution in [0.1, 0.15) is 44.9 Å². The lowest BCUT2D eigenvalue weighted by Gasteiger charge is -2.34. The molecule has 0 N–H and O–H groups in total. The summed E-state index contributed by atoms with van der Waals surface area (Å²) in [7, 11) is 0. The summed E-state index contributed by atoms with van der Waals surface area (Å²) in [6, 6.07) is 10.3. The van der Waals surface area contributed by atoms with Crippen molar-refractivity contribution in [3.63, 3.8) is 0 Å². The Hall–Kier alpha value is -3.66. The van der Waals surface area contributed by atoms with E-state index in [1.807, 2.05) is 0 Å². The van der Waals surface area contributed by atoms with Crippen molar-refractivity contribution < 1.29 is 22.6 Å². The van der Waals surface area contributed by atoms with Gasteiger partial charge in [-0.3, -0.25) is 9.88 Å². The molecule has 0 radical (unpaired) electrons. The minimum Gasteiger partial charge on any atom is -0.461 e. The second-order valence-corrected chi connectivity index (χ2v) is 12.7. The fourth-order valence-corrected chi connectivity index (χ4v) is 8.25. The van der Waals surface area contributed by atoms with Crippen LogP contribution in [-0.4, -0.2) is 64.8 Å². The lowest BCUT2D eigenvalue weighted by molar-refractivity contribution is -0.0487. The largest absolute Gasteiger partial charge is 0.461 e. The molecular weight excluding hydrogens is 555 g/mol. The number of aromatic nitrogens is 3. The van der Waals surface area contributed by atoms with E-state index in [1.54, 1.807) is 36.5 Å². The van der Waals surface area contributed by atoms with Gasteiger partial charge >= 0.3 is 12.6 Å². The zero-order chi connectivity index (χ0) is 29.1. The van der Waals surface area contributed by atoms with Gasteiger partial charge in [-0.2, -0.15) is 18.7 Å². The number of hydrogen-bond acceptors (Lipinski definition) is 7. The van der Waals surface area contributed by atoms with E-state index in [-0.39, 0.29) is 28.5 Å². The average Bonchev–Trinajstić information content (AvgIpc) is 3.69. The van der Waals surface area contributed by atoms with Gasteiger partial charge in [-0.05, 0) is 81.3 Å². The van der Waals surface area contributed by atoms with Gasteiger partial charge in [-0.1, -0.05) is 30.3 Å². The van der Waals surface area contributed by atoms with Gasteiger partial charge in [-0.15, -0.1) is 0 Å². The molecule has 0 spiro atoms. The van der Waals surface area contributed by atoms with Crippen molar-refractivity contribution in [3.8, 4) is 23.0 Å². The maximum atomic E-state index is 16.7. The highest BCUT2D eigenvalue weighted by Crippen LogP contribution is 2.43. The summed E-state index contributed by atoms with van der Waals surface area (Å²) in [4.78, 5) is 18.9. The Balaban J connectivity index is 1.25. The first-order valence-electron chi connectivity index (χ1n) is 15.4. The van der Waals surface area contributed by atoms with Crippen LogP contribution in [0.2, 0.25) is 0 Å². The molecule has 43 heavy (non-hydrogen) atoms. The Labute approximate surface area is 248 Å². The molecule has 2 bridgehead atoms. The van der Waals surface area contributed by atoms with E-state index in [0.717, 1.165) is 51.9 Å². The summed E-state index contributed by atoms with van der Waals surface area (Å²) in [5.41, 5.74) is 0.501. The summed E-state index contributed by atoms with van der Waals surface area (Å²) in [6.45, 7) is 1.34. The Bertz CT molecular complexity index is 1670. The highest BCUT2D eigenvalue weighted by atomic mass is 19.3. The third-order valence-electron chi connectivity index (χ3n) is 10.2. The van der Waals surface area contributed by atoms with Crippen molar-refractivity contribution >= 4 is 27.5 Å². The number of ether oxygens (including phenoxy) is 2. The van der Waals surface area contributed by atoms with Crippen LogP contribution in [0.25, 0.3) is 32.9 Å². The third-order valence-corrected chi connectivity index (χ3v) is 10.2. The van der Waals surface area contributed by atoms with E-state index in [0.29, 0.717) is 46.0 Å². The smallest absolute Gasteiger partial charge is 0.387 e. The van der Waals surface area contributed by atoms with Crippen molar-refractivity contribution in [3.05, 3.63) is 48.4 Å². The van der Waals surface area contributed by atoms with Gasteiger partial charge in [0.05, 0.1) is 10.9 Å². The molecule has 8 rings (SSSR count). The van der Waals surface area contributed by atoms with Crippen molar-refractivity contribution in [2.24, 2.45) is 11.8 Å². The van der Waals surface area contributed by atoms with Crippen LogP contribution >= 0.6 is 0 Å². The zero-order valence-corrected chi connectivity index (χ0v) is 23.9. The maximum Gasteiger partial charge on any atom is 0.387 e. The van der Waals surface area contributed by atoms with Gasteiger partial charge in [0, 0.05) is 30.2 Å². The molecule has 5 heterocycles. The Morgan fingerprint density at radius 3 is 2.47 bits per heavy atom. The number of fused-ring (bicyclic) bond motifs is 5. The fourth-order valence-electron chi connectivity index (χ4n) is 8.25. The van der Waals surface area contributed by atoms with Crippen molar-refractivity contribution in [1.82, 2.24) is 19.9 Å². The molecule has 3 aliphatic heterocycles. The van der Waals surface area contributed by atoms with E-state index in [1.165, 1.54) is 25.3 Å². The Morgan fingerprint density at radius 2 is 1.72 bits per heavy atom. The summed E-state index contributed by atoms with van der Waals surface area (Å²) in [5, 5.41) is 1.54. The first-order chi connectivity index (χ1) is 21.0. The molecule has 4 fully saturated rings. The molecule has 10 heteroatoms. The van der Waals surface area contributed by atoms with Gasteiger partial charge in [0.2, 0.25) is 0 Å². The van der Waals surface area contributed by atoms with E-state index >= 15 is 4.39 Å². The molecule has 1 saturated carbocycles. The highest BCUT2D eigenvalue weighted by Gasteiger charge is 2.45. The Kier molecular flexibility index (Phi) is 6.58. The predicted molar refractivity (Wildman–Crippen MR) is 158 cm³/mol. The van der Waals surface area contributed by atoms with Crippen LogP contribution in [-0.2, 0) is 0 Å². The van der Waals surface area contributed by atoms with Gasteiger partial charge in [0.25, 0.3) is 0 Å². The molecule has 2 aromatic heterocycles. The van der Waals surface area contributed by atoms with Crippen LogP contribution in [0.4, 0.5) is 19.0 Å². The molecule has 1 aliphatic carbocycles. The Morgan fingerprint density at radius 1 is 0.977 bits per heavy atom. The number of benzene rings is 2.